The number of hydrogen-bond acceptors (Lipinski definition) is 6. The summed E-state index contributed by atoms with van der Waals surface area (Å²) in [6.45, 7) is 2.24. The fourth-order valence-electron chi connectivity index (χ4n) is 3.13. The summed E-state index contributed by atoms with van der Waals surface area (Å²) in [5.41, 5.74) is 18.4. The second kappa shape index (κ2) is 6.21. The van der Waals surface area contributed by atoms with Crippen molar-refractivity contribution in [1.29, 1.82) is 0 Å². The molecule has 0 saturated heterocycles. The third-order valence-electron chi connectivity index (χ3n) is 4.18. The second-order valence-electron chi connectivity index (χ2n) is 5.85. The second-order valence-corrected chi connectivity index (χ2v) is 6.91. The van der Waals surface area contributed by atoms with Gasteiger partial charge in [0.2, 0.25) is 0 Å². The Morgan fingerprint density at radius 2 is 2.23 bits per heavy atom. The summed E-state index contributed by atoms with van der Waals surface area (Å²) in [5.74, 6) is 1.21. The molecule has 4 aromatic rings. The van der Waals surface area contributed by atoms with Gasteiger partial charge in [-0.3, -0.25) is 0 Å². The van der Waals surface area contributed by atoms with Gasteiger partial charge in [0, 0.05) is 21.5 Å². The first-order valence-corrected chi connectivity index (χ1v) is 8.64. The highest BCUT2D eigenvalue weighted by atomic mass is 32.1. The molecule has 130 valence electrons. The van der Waals surface area contributed by atoms with Crippen LogP contribution in [0.4, 0.5) is 5.82 Å². The highest BCUT2D eigenvalue weighted by molar-refractivity contribution is 7.22. The third kappa shape index (κ3) is 2.50. The summed E-state index contributed by atoms with van der Waals surface area (Å²) in [6, 6.07) is 6.22. The highest BCUT2D eigenvalue weighted by Gasteiger charge is 2.19. The van der Waals surface area contributed by atoms with Gasteiger partial charge in [0.15, 0.2) is 5.82 Å². The number of azide groups is 1. The van der Waals surface area contributed by atoms with Gasteiger partial charge >= 0.3 is 0 Å². The molecule has 0 aliphatic carbocycles. The number of rotatable bonds is 4. The first kappa shape index (κ1) is 16.2. The van der Waals surface area contributed by atoms with Gasteiger partial charge in [0.05, 0.1) is 18.4 Å². The molecule has 26 heavy (non-hydrogen) atoms. The molecule has 0 fully saturated rings. The van der Waals surface area contributed by atoms with E-state index in [1.807, 2.05) is 19.2 Å². The van der Waals surface area contributed by atoms with E-state index in [4.69, 9.17) is 16.0 Å². The minimum Gasteiger partial charge on any atom is -0.495 e. The Morgan fingerprint density at radius 3 is 3.00 bits per heavy atom. The van der Waals surface area contributed by atoms with Crippen molar-refractivity contribution >= 4 is 32.8 Å². The lowest BCUT2D eigenvalue weighted by Crippen LogP contribution is -1.98. The maximum Gasteiger partial charge on any atom is 0.152 e. The van der Waals surface area contributed by atoms with Gasteiger partial charge < -0.3 is 10.5 Å². The van der Waals surface area contributed by atoms with Crippen molar-refractivity contribution < 1.29 is 4.74 Å². The van der Waals surface area contributed by atoms with Crippen molar-refractivity contribution in [3.63, 3.8) is 0 Å². The van der Waals surface area contributed by atoms with E-state index in [1.54, 1.807) is 23.0 Å². The molecule has 0 aliphatic heterocycles. The molecular weight excluding hydrogens is 350 g/mol. The summed E-state index contributed by atoms with van der Waals surface area (Å²) in [5, 5.41) is 9.03. The highest BCUT2D eigenvalue weighted by Crippen LogP contribution is 2.43. The van der Waals surface area contributed by atoms with Crippen molar-refractivity contribution in [2.75, 3.05) is 12.8 Å². The van der Waals surface area contributed by atoms with Crippen LogP contribution in [0.5, 0.6) is 5.75 Å². The summed E-state index contributed by atoms with van der Waals surface area (Å²) < 4.78 is 8.26. The van der Waals surface area contributed by atoms with Gasteiger partial charge in [-0.05, 0) is 41.1 Å². The van der Waals surface area contributed by atoms with Gasteiger partial charge in [0.1, 0.15) is 17.6 Å². The minimum atomic E-state index is 0.207. The average molecular weight is 365 g/mol. The standard InChI is InChI=1S/C17H15N7OS/c1-9-3-10-5-13(26-16(10)12(4-9)25-2)14-11(6-21-23-19)7-24-15(14)17(18)20-8-22-24/h3-5,7-8H,6H2,1-2H3,(H2,18,20,22). The largest absolute Gasteiger partial charge is 0.495 e. The van der Waals surface area contributed by atoms with Crippen molar-refractivity contribution in [2.24, 2.45) is 5.11 Å². The predicted octanol–water partition coefficient (Wildman–Crippen LogP) is 4.32. The van der Waals surface area contributed by atoms with E-state index in [-0.39, 0.29) is 6.54 Å². The van der Waals surface area contributed by atoms with Crippen LogP contribution in [-0.2, 0) is 6.54 Å². The molecule has 0 aliphatic rings. The van der Waals surface area contributed by atoms with E-state index >= 15 is 0 Å². The molecule has 8 nitrogen and oxygen atoms in total. The molecule has 0 amide bonds. The molecule has 3 aromatic heterocycles. The Morgan fingerprint density at radius 1 is 1.38 bits per heavy atom. The smallest absolute Gasteiger partial charge is 0.152 e. The van der Waals surface area contributed by atoms with Crippen molar-refractivity contribution in [3.8, 4) is 16.2 Å². The first-order valence-electron chi connectivity index (χ1n) is 7.82. The first-order chi connectivity index (χ1) is 12.6. The molecule has 0 spiro atoms. The number of benzene rings is 1. The number of thiophene rings is 1. The van der Waals surface area contributed by atoms with Gasteiger partial charge in [0.25, 0.3) is 0 Å². The van der Waals surface area contributed by atoms with Gasteiger partial charge in [-0.1, -0.05) is 11.2 Å². The Balaban J connectivity index is 2.04. The van der Waals surface area contributed by atoms with E-state index in [1.165, 1.54) is 6.33 Å². The number of aryl methyl sites for hydroxylation is 1. The lowest BCUT2D eigenvalue weighted by atomic mass is 10.1. The molecule has 2 N–H and O–H groups in total. The number of fused-ring (bicyclic) bond motifs is 2. The fourth-order valence-corrected chi connectivity index (χ4v) is 4.34. The van der Waals surface area contributed by atoms with Crippen molar-refractivity contribution in [3.05, 3.63) is 52.3 Å². The van der Waals surface area contributed by atoms with E-state index in [0.717, 1.165) is 37.4 Å². The van der Waals surface area contributed by atoms with E-state index in [9.17, 15) is 0 Å². The van der Waals surface area contributed by atoms with Gasteiger partial charge in [-0.2, -0.15) is 5.10 Å². The van der Waals surface area contributed by atoms with Crippen LogP contribution in [0.3, 0.4) is 0 Å². The molecule has 0 saturated carbocycles. The quantitative estimate of drug-likeness (QED) is 0.329. The Labute approximate surface area is 152 Å². The van der Waals surface area contributed by atoms with E-state index in [0.29, 0.717) is 11.3 Å². The molecule has 0 bridgehead atoms. The normalized spacial score (nSPS) is 11.0. The Kier molecular flexibility index (Phi) is 3.87. The number of ether oxygens (including phenoxy) is 1. The Hall–Kier alpha value is -3.29. The van der Waals surface area contributed by atoms with Gasteiger partial charge in [-0.25, -0.2) is 9.50 Å². The maximum absolute atomic E-state index is 8.72. The summed E-state index contributed by atoms with van der Waals surface area (Å²) in [4.78, 5) is 7.98. The number of hydrogen-bond donors (Lipinski definition) is 1. The molecule has 4 rings (SSSR count). The maximum atomic E-state index is 8.72. The molecule has 0 atom stereocenters. The lowest BCUT2D eigenvalue weighted by Gasteiger charge is -2.02. The van der Waals surface area contributed by atoms with Crippen LogP contribution in [0.15, 0.2) is 35.8 Å². The summed E-state index contributed by atoms with van der Waals surface area (Å²) in [7, 11) is 1.67. The third-order valence-corrected chi connectivity index (χ3v) is 5.36. The number of methoxy groups -OCH3 is 1. The molecule has 9 heteroatoms. The van der Waals surface area contributed by atoms with Crippen LogP contribution in [-0.4, -0.2) is 21.7 Å². The molecule has 0 radical (unpaired) electrons. The topological polar surface area (TPSA) is 114 Å². The molecular formula is C17H15N7OS. The number of nitrogens with two attached hydrogens (primary N) is 1. The van der Waals surface area contributed by atoms with Gasteiger partial charge in [-0.15, -0.1) is 11.3 Å². The number of anilines is 1. The van der Waals surface area contributed by atoms with Crippen LogP contribution in [0, 0.1) is 6.92 Å². The van der Waals surface area contributed by atoms with Crippen LogP contribution in [0.25, 0.3) is 36.5 Å². The summed E-state index contributed by atoms with van der Waals surface area (Å²) in [6.07, 6.45) is 3.23. The van der Waals surface area contributed by atoms with Crippen molar-refractivity contribution in [1.82, 2.24) is 14.6 Å². The molecule has 3 heterocycles. The number of aromatic nitrogens is 3. The monoisotopic (exact) mass is 365 g/mol. The van der Waals surface area contributed by atoms with Crippen molar-refractivity contribution in [2.45, 2.75) is 13.5 Å². The minimum absolute atomic E-state index is 0.207. The molecule has 1 aromatic carbocycles. The van der Waals surface area contributed by atoms with Crippen LogP contribution in [0.2, 0.25) is 0 Å². The number of nitrogen functional groups attached to an aromatic ring is 1. The van der Waals surface area contributed by atoms with E-state index in [2.05, 4.69) is 32.2 Å². The zero-order chi connectivity index (χ0) is 18.3. The van der Waals surface area contributed by atoms with E-state index < -0.39 is 0 Å². The SMILES string of the molecule is COc1cc(C)cc2cc(-c3c(CN=[N+]=[N-])cn4ncnc(N)c34)sc12. The lowest BCUT2D eigenvalue weighted by molar-refractivity contribution is 0.420. The zero-order valence-electron chi connectivity index (χ0n) is 14.2. The van der Waals surface area contributed by atoms with Crippen LogP contribution < -0.4 is 10.5 Å². The van der Waals surface area contributed by atoms with Crippen LogP contribution in [0.1, 0.15) is 11.1 Å². The molecule has 0 unspecified atom stereocenters. The fraction of sp³-hybridized carbons (Fsp3) is 0.176. The zero-order valence-corrected chi connectivity index (χ0v) is 15.0. The van der Waals surface area contributed by atoms with Crippen LogP contribution >= 0.6 is 11.3 Å². The average Bonchev–Trinajstić information content (AvgIpc) is 3.20. The Bertz CT molecular complexity index is 1190. The summed E-state index contributed by atoms with van der Waals surface area (Å²) >= 11 is 1.60. The predicted molar refractivity (Wildman–Crippen MR) is 102 cm³/mol. The number of nitrogens with zero attached hydrogens (tertiary/aromatic N) is 6.